The van der Waals surface area contributed by atoms with E-state index in [2.05, 4.69) is 41.4 Å². The number of anilines is 2. The van der Waals surface area contributed by atoms with Crippen molar-refractivity contribution in [3.63, 3.8) is 0 Å². The molecule has 4 heteroatoms. The third-order valence-electron chi connectivity index (χ3n) is 4.54. The lowest BCUT2D eigenvalue weighted by Crippen LogP contribution is -2.36. The molecule has 0 radical (unpaired) electrons. The van der Waals surface area contributed by atoms with Crippen molar-refractivity contribution in [3.05, 3.63) is 11.4 Å². The first kappa shape index (κ1) is 14.1. The SMILES string of the molecule is CCc1nc(NC)c(C)c(NCC2(CC)CCC2)n1. The van der Waals surface area contributed by atoms with Gasteiger partial charge in [0.25, 0.3) is 0 Å². The first-order valence-electron chi connectivity index (χ1n) is 7.43. The second kappa shape index (κ2) is 5.76. The summed E-state index contributed by atoms with van der Waals surface area (Å²) in [6.07, 6.45) is 6.19. The molecule has 2 N–H and O–H groups in total. The second-order valence-electron chi connectivity index (χ2n) is 5.63. The lowest BCUT2D eigenvalue weighted by molar-refractivity contribution is 0.145. The van der Waals surface area contributed by atoms with Crippen molar-refractivity contribution in [1.29, 1.82) is 0 Å². The summed E-state index contributed by atoms with van der Waals surface area (Å²) in [5.74, 6) is 2.83. The van der Waals surface area contributed by atoms with E-state index in [9.17, 15) is 0 Å². The third-order valence-corrected chi connectivity index (χ3v) is 4.54. The number of nitrogens with zero attached hydrogens (tertiary/aromatic N) is 2. The number of nitrogens with one attached hydrogen (secondary N) is 2. The van der Waals surface area contributed by atoms with Crippen LogP contribution in [0, 0.1) is 12.3 Å². The summed E-state index contributed by atoms with van der Waals surface area (Å²) < 4.78 is 0. The average Bonchev–Trinajstić information content (AvgIpc) is 2.39. The molecule has 0 aliphatic heterocycles. The van der Waals surface area contributed by atoms with Gasteiger partial charge in [-0.1, -0.05) is 20.3 Å². The van der Waals surface area contributed by atoms with E-state index in [1.54, 1.807) is 0 Å². The van der Waals surface area contributed by atoms with Crippen LogP contribution in [0.25, 0.3) is 0 Å². The summed E-state index contributed by atoms with van der Waals surface area (Å²) in [7, 11) is 1.91. The molecular weight excluding hydrogens is 236 g/mol. The number of aryl methyl sites for hydroxylation is 1. The minimum Gasteiger partial charge on any atom is -0.373 e. The Labute approximate surface area is 116 Å². The molecule has 1 aromatic heterocycles. The molecule has 1 aliphatic carbocycles. The van der Waals surface area contributed by atoms with Gasteiger partial charge in [-0.3, -0.25) is 0 Å². The highest BCUT2D eigenvalue weighted by Gasteiger charge is 2.34. The van der Waals surface area contributed by atoms with Crippen LogP contribution in [0.4, 0.5) is 11.6 Å². The monoisotopic (exact) mass is 262 g/mol. The Bertz CT molecular complexity index is 433. The lowest BCUT2D eigenvalue weighted by Gasteiger charge is -2.41. The van der Waals surface area contributed by atoms with Crippen LogP contribution in [0.1, 0.15) is 50.9 Å². The normalized spacial score (nSPS) is 16.8. The van der Waals surface area contributed by atoms with Crippen LogP contribution >= 0.6 is 0 Å². The molecular formula is C15H26N4. The summed E-state index contributed by atoms with van der Waals surface area (Å²) in [4.78, 5) is 9.14. The molecule has 19 heavy (non-hydrogen) atoms. The van der Waals surface area contributed by atoms with Crippen molar-refractivity contribution < 1.29 is 0 Å². The van der Waals surface area contributed by atoms with Gasteiger partial charge in [0.1, 0.15) is 17.5 Å². The fraction of sp³-hybridized carbons (Fsp3) is 0.733. The van der Waals surface area contributed by atoms with Gasteiger partial charge in [-0.25, -0.2) is 9.97 Å². The van der Waals surface area contributed by atoms with Gasteiger partial charge in [0.2, 0.25) is 0 Å². The van der Waals surface area contributed by atoms with Gasteiger partial charge < -0.3 is 10.6 Å². The van der Waals surface area contributed by atoms with Crippen LogP contribution in [0.3, 0.4) is 0 Å². The molecule has 0 aromatic carbocycles. The molecule has 0 unspecified atom stereocenters. The summed E-state index contributed by atoms with van der Waals surface area (Å²) in [5.41, 5.74) is 1.62. The average molecular weight is 262 g/mol. The van der Waals surface area contributed by atoms with Crippen LogP contribution < -0.4 is 10.6 Å². The maximum Gasteiger partial charge on any atom is 0.134 e. The van der Waals surface area contributed by atoms with Crippen molar-refractivity contribution in [1.82, 2.24) is 9.97 Å². The number of aromatic nitrogens is 2. The van der Waals surface area contributed by atoms with E-state index in [4.69, 9.17) is 0 Å². The van der Waals surface area contributed by atoms with Gasteiger partial charge in [-0.05, 0) is 31.6 Å². The quantitative estimate of drug-likeness (QED) is 0.825. The van der Waals surface area contributed by atoms with Gasteiger partial charge >= 0.3 is 0 Å². The van der Waals surface area contributed by atoms with E-state index < -0.39 is 0 Å². The van der Waals surface area contributed by atoms with Gasteiger partial charge in [0, 0.05) is 25.6 Å². The highest BCUT2D eigenvalue weighted by molar-refractivity contribution is 5.57. The van der Waals surface area contributed by atoms with E-state index in [-0.39, 0.29) is 0 Å². The molecule has 4 nitrogen and oxygen atoms in total. The Morgan fingerprint density at radius 1 is 1.16 bits per heavy atom. The molecule has 1 aromatic rings. The first-order valence-corrected chi connectivity index (χ1v) is 7.43. The van der Waals surface area contributed by atoms with Gasteiger partial charge in [0.05, 0.1) is 0 Å². The minimum absolute atomic E-state index is 0.504. The second-order valence-corrected chi connectivity index (χ2v) is 5.63. The Balaban J connectivity index is 2.14. The van der Waals surface area contributed by atoms with Crippen LogP contribution in [0.15, 0.2) is 0 Å². The molecule has 2 rings (SSSR count). The summed E-state index contributed by atoms with van der Waals surface area (Å²) in [5, 5.41) is 6.72. The lowest BCUT2D eigenvalue weighted by atomic mass is 9.67. The highest BCUT2D eigenvalue weighted by atomic mass is 15.1. The minimum atomic E-state index is 0.504. The van der Waals surface area contributed by atoms with Crippen LogP contribution in [0.5, 0.6) is 0 Å². The van der Waals surface area contributed by atoms with Gasteiger partial charge in [-0.15, -0.1) is 0 Å². The Kier molecular flexibility index (Phi) is 4.27. The number of rotatable bonds is 6. The smallest absolute Gasteiger partial charge is 0.134 e. The van der Waals surface area contributed by atoms with Crippen molar-refractivity contribution in [2.75, 3.05) is 24.2 Å². The molecule has 0 spiro atoms. The molecule has 0 atom stereocenters. The largest absolute Gasteiger partial charge is 0.373 e. The first-order chi connectivity index (χ1) is 9.14. The summed E-state index contributed by atoms with van der Waals surface area (Å²) in [6.45, 7) is 7.50. The maximum atomic E-state index is 4.63. The van der Waals surface area contributed by atoms with Crippen molar-refractivity contribution in [2.45, 2.75) is 52.9 Å². The third kappa shape index (κ3) is 2.82. The van der Waals surface area contributed by atoms with Crippen molar-refractivity contribution in [3.8, 4) is 0 Å². The Morgan fingerprint density at radius 2 is 1.84 bits per heavy atom. The zero-order valence-electron chi connectivity index (χ0n) is 12.6. The van der Waals surface area contributed by atoms with Crippen LogP contribution in [0.2, 0.25) is 0 Å². The predicted molar refractivity (Wildman–Crippen MR) is 80.8 cm³/mol. The predicted octanol–water partition coefficient (Wildman–Crippen LogP) is 3.38. The fourth-order valence-corrected chi connectivity index (χ4v) is 2.74. The number of hydrogen-bond acceptors (Lipinski definition) is 4. The maximum absolute atomic E-state index is 4.63. The topological polar surface area (TPSA) is 49.8 Å². The standard InChI is InChI=1S/C15H26N4/c1-5-12-18-13(16-4)11(3)14(19-12)17-10-15(6-2)8-7-9-15/h5-10H2,1-4H3,(H2,16,17,18,19). The van der Waals surface area contributed by atoms with Gasteiger partial charge in [0.15, 0.2) is 0 Å². The van der Waals surface area contributed by atoms with E-state index in [0.29, 0.717) is 5.41 Å². The van der Waals surface area contributed by atoms with Crippen molar-refractivity contribution >= 4 is 11.6 Å². The Hall–Kier alpha value is -1.32. The van der Waals surface area contributed by atoms with E-state index in [0.717, 1.165) is 36.0 Å². The fourth-order valence-electron chi connectivity index (χ4n) is 2.74. The molecule has 0 amide bonds. The summed E-state index contributed by atoms with van der Waals surface area (Å²) >= 11 is 0. The van der Waals surface area contributed by atoms with E-state index >= 15 is 0 Å². The van der Waals surface area contributed by atoms with E-state index in [1.165, 1.54) is 25.7 Å². The zero-order valence-corrected chi connectivity index (χ0v) is 12.6. The van der Waals surface area contributed by atoms with Crippen LogP contribution in [-0.2, 0) is 6.42 Å². The van der Waals surface area contributed by atoms with Gasteiger partial charge in [-0.2, -0.15) is 0 Å². The summed E-state index contributed by atoms with van der Waals surface area (Å²) in [6, 6.07) is 0. The molecule has 1 aliphatic rings. The molecule has 106 valence electrons. The van der Waals surface area contributed by atoms with E-state index in [1.807, 2.05) is 7.05 Å². The molecule has 0 bridgehead atoms. The van der Waals surface area contributed by atoms with Crippen molar-refractivity contribution in [2.24, 2.45) is 5.41 Å². The molecule has 1 heterocycles. The molecule has 1 saturated carbocycles. The molecule has 0 saturated heterocycles. The molecule has 1 fully saturated rings. The zero-order chi connectivity index (χ0) is 13.9. The Morgan fingerprint density at radius 3 is 2.32 bits per heavy atom. The number of hydrogen-bond donors (Lipinski definition) is 2. The van der Waals surface area contributed by atoms with Crippen LogP contribution in [-0.4, -0.2) is 23.6 Å². The highest BCUT2D eigenvalue weighted by Crippen LogP contribution is 2.43.